The number of hydrogen-bond acceptors (Lipinski definition) is 5. The molecule has 0 N–H and O–H groups in total. The van der Waals surface area contributed by atoms with E-state index in [0.717, 1.165) is 0 Å². The number of hydrogen-bond donors (Lipinski definition) is 0. The van der Waals surface area contributed by atoms with Gasteiger partial charge in [-0.3, -0.25) is 9.59 Å². The summed E-state index contributed by atoms with van der Waals surface area (Å²) in [6.45, 7) is 7.05. The highest BCUT2D eigenvalue weighted by Gasteiger charge is 2.40. The maximum atomic E-state index is 12.7. The number of esters is 1. The van der Waals surface area contributed by atoms with Crippen LogP contribution in [0.25, 0.3) is 0 Å². The molecule has 0 unspecified atom stereocenters. The van der Waals surface area contributed by atoms with Crippen molar-refractivity contribution < 1.29 is 23.9 Å². The summed E-state index contributed by atoms with van der Waals surface area (Å²) in [5.41, 5.74) is 1.34. The third-order valence-corrected chi connectivity index (χ3v) is 4.49. The fourth-order valence-corrected chi connectivity index (χ4v) is 3.05. The van der Waals surface area contributed by atoms with E-state index < -0.39 is 17.5 Å². The topological polar surface area (TPSA) is 69.7 Å². The van der Waals surface area contributed by atoms with Gasteiger partial charge >= 0.3 is 5.97 Å². The number of Topliss-reactive ketones (excluding diaryl/α,β-unsaturated/α-hetero) is 1. The Morgan fingerprint density at radius 2 is 1.96 bits per heavy atom. The summed E-state index contributed by atoms with van der Waals surface area (Å²) < 4.78 is 10.8. The van der Waals surface area contributed by atoms with Gasteiger partial charge in [0.1, 0.15) is 12.0 Å². The van der Waals surface area contributed by atoms with E-state index in [-0.39, 0.29) is 12.4 Å². The van der Waals surface area contributed by atoms with Gasteiger partial charge in [-0.15, -0.1) is 0 Å². The van der Waals surface area contributed by atoms with Gasteiger partial charge in [0.25, 0.3) is 0 Å². The van der Waals surface area contributed by atoms with E-state index in [1.807, 2.05) is 19.9 Å². The molecule has 0 bridgehead atoms. The first-order valence-electron chi connectivity index (χ1n) is 9.01. The Kier molecular flexibility index (Phi) is 6.94. The lowest BCUT2D eigenvalue weighted by Gasteiger charge is -2.35. The van der Waals surface area contributed by atoms with Crippen molar-refractivity contribution in [1.29, 1.82) is 0 Å². The number of carbonyl (C=O) groups excluding carboxylic acids is 3. The van der Waals surface area contributed by atoms with E-state index >= 15 is 0 Å². The molecule has 0 heterocycles. The van der Waals surface area contributed by atoms with Crippen LogP contribution in [-0.4, -0.2) is 30.7 Å². The Labute approximate surface area is 165 Å². The molecule has 2 rings (SSSR count). The standard InChI is InChI=1S/C23H24O5/c1-16(12-13-24)10-11-19-17(2)22(26)20(14-23(19,3)4)28-21(25)15-27-18-8-6-5-7-9-18/h5-9,12-13,20H,14-15H2,1-4H3/t20-/m0/s1. The Bertz CT molecular complexity index is 879. The zero-order valence-electron chi connectivity index (χ0n) is 16.6. The maximum Gasteiger partial charge on any atom is 0.344 e. The van der Waals surface area contributed by atoms with Gasteiger partial charge < -0.3 is 9.47 Å². The first kappa shape index (κ1) is 21.2. The molecule has 1 aliphatic carbocycles. The van der Waals surface area contributed by atoms with Gasteiger partial charge in [-0.05, 0) is 32.1 Å². The second kappa shape index (κ2) is 9.18. The normalized spacial score (nSPS) is 18.8. The monoisotopic (exact) mass is 380 g/mol. The van der Waals surface area contributed by atoms with Crippen LogP contribution in [0.15, 0.2) is 53.1 Å². The predicted octanol–water partition coefficient (Wildman–Crippen LogP) is 3.44. The second-order valence-electron chi connectivity index (χ2n) is 7.27. The van der Waals surface area contributed by atoms with Crippen molar-refractivity contribution in [3.8, 4) is 17.6 Å². The number of para-hydroxylation sites is 1. The van der Waals surface area contributed by atoms with Crippen molar-refractivity contribution in [2.75, 3.05) is 6.61 Å². The number of carbonyl (C=O) groups is 3. The van der Waals surface area contributed by atoms with Crippen LogP contribution >= 0.6 is 0 Å². The molecular formula is C23H24O5. The second-order valence-corrected chi connectivity index (χ2v) is 7.27. The lowest BCUT2D eigenvalue weighted by molar-refractivity contribution is -0.157. The molecule has 1 aliphatic rings. The molecule has 28 heavy (non-hydrogen) atoms. The Balaban J connectivity index is 2.10. The summed E-state index contributed by atoms with van der Waals surface area (Å²) >= 11 is 0. The molecule has 1 aromatic carbocycles. The van der Waals surface area contributed by atoms with Crippen LogP contribution in [0.5, 0.6) is 5.75 Å². The van der Waals surface area contributed by atoms with Crippen molar-refractivity contribution in [3.63, 3.8) is 0 Å². The molecule has 1 atom stereocenters. The van der Waals surface area contributed by atoms with Crippen LogP contribution in [0, 0.1) is 17.3 Å². The largest absolute Gasteiger partial charge is 0.482 e. The Morgan fingerprint density at radius 1 is 1.29 bits per heavy atom. The lowest BCUT2D eigenvalue weighted by Crippen LogP contribution is -2.39. The SMILES string of the molecule is CC(C#CC1=C(C)C(=O)[C@@H](OC(=O)COc2ccccc2)CC1(C)C)=CC=O. The number of benzene rings is 1. The quantitative estimate of drug-likeness (QED) is 0.339. The van der Waals surface area contributed by atoms with Gasteiger partial charge in [-0.25, -0.2) is 4.79 Å². The van der Waals surface area contributed by atoms with Gasteiger partial charge in [0.2, 0.25) is 0 Å². The van der Waals surface area contributed by atoms with Crippen LogP contribution in [0.4, 0.5) is 0 Å². The molecule has 0 saturated carbocycles. The summed E-state index contributed by atoms with van der Waals surface area (Å²) in [4.78, 5) is 35.4. The Morgan fingerprint density at radius 3 is 2.61 bits per heavy atom. The number of aldehydes is 1. The van der Waals surface area contributed by atoms with Crippen molar-refractivity contribution in [2.24, 2.45) is 5.41 Å². The molecule has 0 aliphatic heterocycles. The average molecular weight is 380 g/mol. The zero-order chi connectivity index (χ0) is 20.7. The fraction of sp³-hybridized carbons (Fsp3) is 0.348. The van der Waals surface area contributed by atoms with E-state index in [2.05, 4.69) is 11.8 Å². The molecular weight excluding hydrogens is 356 g/mol. The summed E-state index contributed by atoms with van der Waals surface area (Å²) in [5.74, 6) is 5.62. The van der Waals surface area contributed by atoms with Crippen LogP contribution in [0.3, 0.4) is 0 Å². The van der Waals surface area contributed by atoms with E-state index in [4.69, 9.17) is 9.47 Å². The van der Waals surface area contributed by atoms with Gasteiger partial charge in [-0.1, -0.05) is 43.9 Å². The van der Waals surface area contributed by atoms with Crippen LogP contribution in [0.2, 0.25) is 0 Å². The molecule has 0 saturated heterocycles. The summed E-state index contributed by atoms with van der Waals surface area (Å²) in [6, 6.07) is 8.93. The minimum Gasteiger partial charge on any atom is -0.482 e. The van der Waals surface area contributed by atoms with E-state index in [1.54, 1.807) is 38.1 Å². The third-order valence-electron chi connectivity index (χ3n) is 4.49. The highest BCUT2D eigenvalue weighted by molar-refractivity contribution is 6.02. The third kappa shape index (κ3) is 5.43. The van der Waals surface area contributed by atoms with E-state index in [1.165, 1.54) is 6.08 Å². The number of ketones is 1. The van der Waals surface area contributed by atoms with Crippen molar-refractivity contribution in [1.82, 2.24) is 0 Å². The fourth-order valence-electron chi connectivity index (χ4n) is 3.05. The van der Waals surface area contributed by atoms with Gasteiger partial charge in [0.05, 0.1) is 0 Å². The average Bonchev–Trinajstić information content (AvgIpc) is 2.65. The molecule has 0 fully saturated rings. The molecule has 1 aromatic rings. The summed E-state index contributed by atoms with van der Waals surface area (Å²) in [6.07, 6.45) is 1.52. The smallest absolute Gasteiger partial charge is 0.344 e. The zero-order valence-corrected chi connectivity index (χ0v) is 16.6. The highest BCUT2D eigenvalue weighted by Crippen LogP contribution is 2.39. The van der Waals surface area contributed by atoms with Crippen LogP contribution in [0.1, 0.15) is 34.1 Å². The molecule has 5 nitrogen and oxygen atoms in total. The molecule has 0 amide bonds. The molecule has 5 heteroatoms. The number of ether oxygens (including phenoxy) is 2. The molecule has 0 radical (unpaired) electrons. The van der Waals surface area contributed by atoms with Gasteiger partial charge in [0.15, 0.2) is 18.5 Å². The van der Waals surface area contributed by atoms with Gasteiger partial charge in [-0.2, -0.15) is 0 Å². The van der Waals surface area contributed by atoms with Crippen molar-refractivity contribution in [3.05, 3.63) is 53.1 Å². The number of rotatable bonds is 5. The molecule has 0 aromatic heterocycles. The van der Waals surface area contributed by atoms with Crippen molar-refractivity contribution >= 4 is 18.0 Å². The number of allylic oxidation sites excluding steroid dienone is 3. The lowest BCUT2D eigenvalue weighted by atomic mass is 9.71. The van der Waals surface area contributed by atoms with E-state index in [0.29, 0.717) is 35.2 Å². The van der Waals surface area contributed by atoms with Crippen LogP contribution in [-0.2, 0) is 19.1 Å². The highest BCUT2D eigenvalue weighted by atomic mass is 16.6. The predicted molar refractivity (Wildman–Crippen MR) is 106 cm³/mol. The first-order valence-corrected chi connectivity index (χ1v) is 9.01. The molecule has 146 valence electrons. The van der Waals surface area contributed by atoms with Crippen LogP contribution < -0.4 is 4.74 Å². The Hall–Kier alpha value is -3.13. The summed E-state index contributed by atoms with van der Waals surface area (Å²) in [5, 5.41) is 0. The maximum absolute atomic E-state index is 12.7. The van der Waals surface area contributed by atoms with Gasteiger partial charge in [0, 0.05) is 28.6 Å². The molecule has 0 spiro atoms. The first-order chi connectivity index (χ1) is 13.2. The van der Waals surface area contributed by atoms with Crippen molar-refractivity contribution in [2.45, 2.75) is 40.2 Å². The van der Waals surface area contributed by atoms with E-state index in [9.17, 15) is 14.4 Å². The summed E-state index contributed by atoms with van der Waals surface area (Å²) in [7, 11) is 0. The minimum atomic E-state index is -0.862. The minimum absolute atomic E-state index is 0.256.